The molecule has 1 N–H and O–H groups in total. The van der Waals surface area contributed by atoms with Crippen LogP contribution in [0.15, 0.2) is 72.8 Å². The molecule has 0 spiro atoms. The van der Waals surface area contributed by atoms with E-state index >= 15 is 0 Å². The highest BCUT2D eigenvalue weighted by Crippen LogP contribution is 2.28. The molecule has 8 nitrogen and oxygen atoms in total. The molecule has 1 atom stereocenters. The lowest BCUT2D eigenvalue weighted by Crippen LogP contribution is -2.42. The molecule has 0 radical (unpaired) electrons. The Morgan fingerprint density at radius 1 is 1.00 bits per heavy atom. The lowest BCUT2D eigenvalue weighted by Gasteiger charge is -2.26. The smallest absolute Gasteiger partial charge is 0.271 e. The number of hydrogen-bond donors (Lipinski definition) is 1. The van der Waals surface area contributed by atoms with E-state index in [9.17, 15) is 23.3 Å². The van der Waals surface area contributed by atoms with Gasteiger partial charge in [0.25, 0.3) is 5.69 Å². The van der Waals surface area contributed by atoms with Gasteiger partial charge in [0.1, 0.15) is 6.54 Å². The van der Waals surface area contributed by atoms with Gasteiger partial charge in [-0.1, -0.05) is 60.7 Å². The fraction of sp³-hybridized carbons (Fsp3) is 0.208. The monoisotopic (exact) mass is 467 g/mol. The molecule has 0 saturated heterocycles. The van der Waals surface area contributed by atoms with Crippen molar-refractivity contribution < 1.29 is 18.1 Å². The summed E-state index contributed by atoms with van der Waals surface area (Å²) >= 11 is 0. The maximum absolute atomic E-state index is 13.1. The molecule has 0 fully saturated rings. The molecular formula is C24H25N3O5S. The van der Waals surface area contributed by atoms with Crippen LogP contribution in [0.3, 0.4) is 0 Å². The summed E-state index contributed by atoms with van der Waals surface area (Å²) in [4.78, 5) is 23.7. The second-order valence-electron chi connectivity index (χ2n) is 7.77. The molecule has 9 heteroatoms. The first-order chi connectivity index (χ1) is 15.6. The average Bonchev–Trinajstić information content (AvgIpc) is 2.77. The third-order valence-corrected chi connectivity index (χ3v) is 6.42. The highest BCUT2D eigenvalue weighted by atomic mass is 32.2. The Kier molecular flexibility index (Phi) is 7.13. The van der Waals surface area contributed by atoms with E-state index in [-0.39, 0.29) is 11.4 Å². The number of nitrogens with zero attached hydrogens (tertiary/aromatic N) is 2. The van der Waals surface area contributed by atoms with E-state index in [2.05, 4.69) is 5.32 Å². The van der Waals surface area contributed by atoms with Crippen molar-refractivity contribution in [2.24, 2.45) is 0 Å². The zero-order chi connectivity index (χ0) is 24.2. The minimum atomic E-state index is -3.90. The molecule has 33 heavy (non-hydrogen) atoms. The number of sulfonamides is 1. The number of rotatable bonds is 8. The second kappa shape index (κ2) is 9.83. The molecule has 3 aromatic rings. The summed E-state index contributed by atoms with van der Waals surface area (Å²) in [6.07, 6.45) is 0.967. The van der Waals surface area contributed by atoms with Gasteiger partial charge in [-0.2, -0.15) is 0 Å². The number of nitrogens with one attached hydrogen (secondary N) is 1. The normalized spacial score (nSPS) is 12.1. The molecule has 3 rings (SSSR count). The van der Waals surface area contributed by atoms with Crippen molar-refractivity contribution in [1.29, 1.82) is 0 Å². The minimum absolute atomic E-state index is 0.0917. The van der Waals surface area contributed by atoms with Crippen LogP contribution in [0.5, 0.6) is 0 Å². The molecule has 0 heterocycles. The first-order valence-electron chi connectivity index (χ1n) is 10.2. The van der Waals surface area contributed by atoms with Crippen LogP contribution in [0.25, 0.3) is 0 Å². The maximum atomic E-state index is 13.1. The van der Waals surface area contributed by atoms with Gasteiger partial charge >= 0.3 is 0 Å². The molecule has 3 aromatic carbocycles. The standard InChI is InChI=1S/C24H25N3O5S/c1-17-9-7-8-12-21(17)24(19-10-5-4-6-11-19)25-23(28)16-26(33(3,31)32)22-15-20(27(29)30)14-13-18(22)2/h4-15,24H,16H2,1-3H3,(H,25,28)/t24-/m0/s1. The molecule has 0 unspecified atom stereocenters. The predicted octanol–water partition coefficient (Wildman–Crippen LogP) is 3.88. The summed E-state index contributed by atoms with van der Waals surface area (Å²) in [6, 6.07) is 20.4. The van der Waals surface area contributed by atoms with Gasteiger partial charge in [-0.3, -0.25) is 19.2 Å². The number of non-ortho nitro benzene ring substituents is 1. The lowest BCUT2D eigenvalue weighted by molar-refractivity contribution is -0.384. The summed E-state index contributed by atoms with van der Waals surface area (Å²) in [7, 11) is -3.90. The van der Waals surface area contributed by atoms with E-state index in [1.54, 1.807) is 6.92 Å². The second-order valence-corrected chi connectivity index (χ2v) is 9.67. The first kappa shape index (κ1) is 23.9. The van der Waals surface area contributed by atoms with Gasteiger partial charge in [-0.15, -0.1) is 0 Å². The summed E-state index contributed by atoms with van der Waals surface area (Å²) in [6.45, 7) is 3.05. The number of nitro groups is 1. The van der Waals surface area contributed by atoms with E-state index in [4.69, 9.17) is 0 Å². The molecule has 0 aromatic heterocycles. The number of benzene rings is 3. The van der Waals surface area contributed by atoms with Crippen LogP contribution in [-0.2, 0) is 14.8 Å². The van der Waals surface area contributed by atoms with Gasteiger partial charge in [-0.25, -0.2) is 8.42 Å². The van der Waals surface area contributed by atoms with Crippen LogP contribution in [0.2, 0.25) is 0 Å². The number of carbonyl (C=O) groups excluding carboxylic acids is 1. The van der Waals surface area contributed by atoms with Crippen molar-refractivity contribution in [3.8, 4) is 0 Å². The first-order valence-corrected chi connectivity index (χ1v) is 12.1. The van der Waals surface area contributed by atoms with Gasteiger partial charge in [-0.05, 0) is 36.1 Å². The van der Waals surface area contributed by atoms with E-state index in [1.165, 1.54) is 18.2 Å². The number of nitro benzene ring substituents is 1. The maximum Gasteiger partial charge on any atom is 0.271 e. The van der Waals surface area contributed by atoms with Crippen molar-refractivity contribution in [3.05, 3.63) is 105 Å². The number of carbonyl (C=O) groups is 1. The SMILES string of the molecule is Cc1ccccc1[C@@H](NC(=O)CN(c1cc([N+](=O)[O-])ccc1C)S(C)(=O)=O)c1ccccc1. The fourth-order valence-electron chi connectivity index (χ4n) is 3.59. The van der Waals surface area contributed by atoms with Crippen LogP contribution in [0, 0.1) is 24.0 Å². The number of hydrogen-bond acceptors (Lipinski definition) is 5. The van der Waals surface area contributed by atoms with Crippen LogP contribution in [-0.4, -0.2) is 32.0 Å². The highest BCUT2D eigenvalue weighted by molar-refractivity contribution is 7.92. The predicted molar refractivity (Wildman–Crippen MR) is 128 cm³/mol. The Bertz CT molecular complexity index is 1280. The third kappa shape index (κ3) is 5.75. The third-order valence-electron chi connectivity index (χ3n) is 5.30. The molecule has 0 aliphatic carbocycles. The Labute approximate surface area is 193 Å². The van der Waals surface area contributed by atoms with Gasteiger partial charge in [0.15, 0.2) is 0 Å². The van der Waals surface area contributed by atoms with Crippen LogP contribution in [0.4, 0.5) is 11.4 Å². The zero-order valence-electron chi connectivity index (χ0n) is 18.6. The Morgan fingerprint density at radius 3 is 2.24 bits per heavy atom. The summed E-state index contributed by atoms with van der Waals surface area (Å²) in [5.41, 5.74) is 3.03. The Balaban J connectivity index is 1.96. The molecule has 0 saturated carbocycles. The topological polar surface area (TPSA) is 110 Å². The van der Waals surface area contributed by atoms with Crippen molar-refractivity contribution in [2.45, 2.75) is 19.9 Å². The molecule has 0 aliphatic heterocycles. The van der Waals surface area contributed by atoms with Crippen LogP contribution >= 0.6 is 0 Å². The van der Waals surface area contributed by atoms with Crippen LogP contribution < -0.4 is 9.62 Å². The van der Waals surface area contributed by atoms with E-state index in [0.717, 1.165) is 27.3 Å². The summed E-state index contributed by atoms with van der Waals surface area (Å²) < 4.78 is 26.0. The number of aryl methyl sites for hydroxylation is 2. The number of anilines is 1. The van der Waals surface area contributed by atoms with E-state index in [1.807, 2.05) is 61.5 Å². The van der Waals surface area contributed by atoms with E-state index in [0.29, 0.717) is 5.56 Å². The molecule has 1 amide bonds. The van der Waals surface area contributed by atoms with Crippen LogP contribution in [0.1, 0.15) is 28.3 Å². The summed E-state index contributed by atoms with van der Waals surface area (Å²) in [5.74, 6) is -0.538. The fourth-order valence-corrected chi connectivity index (χ4v) is 4.50. The zero-order valence-corrected chi connectivity index (χ0v) is 19.4. The molecule has 0 aliphatic rings. The van der Waals surface area contributed by atoms with Crippen molar-refractivity contribution in [1.82, 2.24) is 5.32 Å². The minimum Gasteiger partial charge on any atom is -0.344 e. The Morgan fingerprint density at radius 2 is 1.64 bits per heavy atom. The van der Waals surface area contributed by atoms with Gasteiger partial charge < -0.3 is 5.32 Å². The largest absolute Gasteiger partial charge is 0.344 e. The van der Waals surface area contributed by atoms with Crippen molar-refractivity contribution >= 4 is 27.3 Å². The Hall–Kier alpha value is -3.72. The number of amides is 1. The quantitative estimate of drug-likeness (QED) is 0.399. The van der Waals surface area contributed by atoms with Crippen molar-refractivity contribution in [3.63, 3.8) is 0 Å². The van der Waals surface area contributed by atoms with E-state index < -0.39 is 33.4 Å². The molecule has 0 bridgehead atoms. The molecule has 172 valence electrons. The summed E-state index contributed by atoms with van der Waals surface area (Å²) in [5, 5.41) is 14.1. The van der Waals surface area contributed by atoms with Gasteiger partial charge in [0.2, 0.25) is 15.9 Å². The van der Waals surface area contributed by atoms with Gasteiger partial charge in [0, 0.05) is 12.1 Å². The highest BCUT2D eigenvalue weighted by Gasteiger charge is 2.26. The van der Waals surface area contributed by atoms with Crippen molar-refractivity contribution in [2.75, 3.05) is 17.1 Å². The molecular weight excluding hydrogens is 442 g/mol. The average molecular weight is 468 g/mol. The lowest BCUT2D eigenvalue weighted by atomic mass is 9.95. The van der Waals surface area contributed by atoms with Gasteiger partial charge in [0.05, 0.1) is 22.9 Å².